The number of aromatic nitrogens is 5. The van der Waals surface area contributed by atoms with Crippen molar-refractivity contribution in [2.24, 2.45) is 0 Å². The third-order valence-corrected chi connectivity index (χ3v) is 4.87. The molecule has 0 N–H and O–H groups in total. The van der Waals surface area contributed by atoms with Crippen LogP contribution >= 0.6 is 0 Å². The van der Waals surface area contributed by atoms with Gasteiger partial charge in [-0.1, -0.05) is 13.0 Å². The third kappa shape index (κ3) is 3.34. The highest BCUT2D eigenvalue weighted by atomic mass is 19.1. The Kier molecular flexibility index (Phi) is 4.70. The van der Waals surface area contributed by atoms with E-state index in [1.807, 2.05) is 47.7 Å². The number of halogens is 1. The molecule has 0 bridgehead atoms. The molecule has 1 aliphatic heterocycles. The summed E-state index contributed by atoms with van der Waals surface area (Å²) in [6.45, 7) is 6.73. The van der Waals surface area contributed by atoms with E-state index in [0.717, 1.165) is 30.5 Å². The summed E-state index contributed by atoms with van der Waals surface area (Å²) < 4.78 is 16.5. The zero-order valence-corrected chi connectivity index (χ0v) is 15.5. The summed E-state index contributed by atoms with van der Waals surface area (Å²) >= 11 is 0. The molecular formula is C19H22FN7. The van der Waals surface area contributed by atoms with Crippen LogP contribution < -0.4 is 9.80 Å². The Hall–Kier alpha value is -3.03. The lowest BCUT2D eigenvalue weighted by molar-refractivity contribution is 0.568. The number of anilines is 2. The van der Waals surface area contributed by atoms with E-state index in [0.29, 0.717) is 31.0 Å². The van der Waals surface area contributed by atoms with Crippen molar-refractivity contribution < 1.29 is 4.39 Å². The fourth-order valence-corrected chi connectivity index (χ4v) is 3.35. The van der Waals surface area contributed by atoms with Crippen molar-refractivity contribution in [3.63, 3.8) is 0 Å². The average molecular weight is 367 g/mol. The summed E-state index contributed by atoms with van der Waals surface area (Å²) in [6, 6.07) is 5.98. The van der Waals surface area contributed by atoms with E-state index in [4.69, 9.17) is 4.98 Å². The third-order valence-electron chi connectivity index (χ3n) is 4.87. The minimum atomic E-state index is -0.302. The maximum Gasteiger partial charge on any atom is 0.187 e. The minimum absolute atomic E-state index is 0.302. The number of piperazine rings is 1. The molecule has 140 valence electrons. The van der Waals surface area contributed by atoms with Crippen LogP contribution in [0.3, 0.4) is 0 Å². The van der Waals surface area contributed by atoms with Gasteiger partial charge in [-0.15, -0.1) is 0 Å². The molecule has 0 spiro atoms. The van der Waals surface area contributed by atoms with E-state index in [1.165, 1.54) is 6.33 Å². The summed E-state index contributed by atoms with van der Waals surface area (Å²) in [7, 11) is 0. The molecule has 0 aromatic carbocycles. The smallest absolute Gasteiger partial charge is 0.187 e. The van der Waals surface area contributed by atoms with E-state index in [1.54, 1.807) is 6.20 Å². The van der Waals surface area contributed by atoms with Crippen LogP contribution in [0.5, 0.6) is 0 Å². The zero-order chi connectivity index (χ0) is 18.8. The first-order valence-corrected chi connectivity index (χ1v) is 9.14. The van der Waals surface area contributed by atoms with Crippen molar-refractivity contribution in [2.45, 2.75) is 20.3 Å². The monoisotopic (exact) mass is 367 g/mol. The molecule has 0 amide bonds. The van der Waals surface area contributed by atoms with Crippen molar-refractivity contribution in [1.82, 2.24) is 24.5 Å². The van der Waals surface area contributed by atoms with Crippen LogP contribution in [0.25, 0.3) is 5.82 Å². The highest BCUT2D eigenvalue weighted by Gasteiger charge is 2.23. The first kappa shape index (κ1) is 17.4. The highest BCUT2D eigenvalue weighted by Crippen LogP contribution is 2.22. The standard InChI is InChI=1S/C19H22FN7/c1-3-15-18(20)19(23-13-22-15)26-11-9-25(10-12-26)16-5-4-6-17(24-16)27-8-7-21-14(27)2/h4-8,13H,3,9-12H2,1-2H3. The van der Waals surface area contributed by atoms with Crippen LogP contribution in [0.2, 0.25) is 0 Å². The molecule has 1 aliphatic rings. The molecule has 1 fully saturated rings. The van der Waals surface area contributed by atoms with E-state index in [2.05, 4.69) is 19.9 Å². The lowest BCUT2D eigenvalue weighted by atomic mass is 10.2. The Labute approximate surface area is 157 Å². The van der Waals surface area contributed by atoms with Gasteiger partial charge in [0.1, 0.15) is 23.8 Å². The topological polar surface area (TPSA) is 63.0 Å². The fourth-order valence-electron chi connectivity index (χ4n) is 3.35. The first-order chi connectivity index (χ1) is 13.2. The van der Waals surface area contributed by atoms with E-state index in [-0.39, 0.29) is 5.82 Å². The number of rotatable bonds is 4. The average Bonchev–Trinajstić information content (AvgIpc) is 3.14. The van der Waals surface area contributed by atoms with Gasteiger partial charge in [0.15, 0.2) is 11.6 Å². The van der Waals surface area contributed by atoms with Gasteiger partial charge in [0.2, 0.25) is 0 Å². The number of pyridine rings is 1. The predicted octanol–water partition coefficient (Wildman–Crippen LogP) is 2.39. The molecule has 3 aromatic rings. The van der Waals surface area contributed by atoms with Crippen molar-refractivity contribution in [3.05, 3.63) is 54.3 Å². The van der Waals surface area contributed by atoms with Gasteiger partial charge in [-0.2, -0.15) is 0 Å². The number of hydrogen-bond donors (Lipinski definition) is 0. The van der Waals surface area contributed by atoms with Crippen LogP contribution in [0.15, 0.2) is 36.9 Å². The van der Waals surface area contributed by atoms with Crippen LogP contribution in [0.4, 0.5) is 16.0 Å². The molecule has 27 heavy (non-hydrogen) atoms. The number of imidazole rings is 1. The second-order valence-electron chi connectivity index (χ2n) is 6.48. The van der Waals surface area contributed by atoms with E-state index < -0.39 is 0 Å². The van der Waals surface area contributed by atoms with Gasteiger partial charge in [-0.05, 0) is 25.5 Å². The quantitative estimate of drug-likeness (QED) is 0.706. The van der Waals surface area contributed by atoms with Crippen LogP contribution in [0, 0.1) is 12.7 Å². The molecule has 0 radical (unpaired) electrons. The van der Waals surface area contributed by atoms with Crippen LogP contribution in [-0.4, -0.2) is 50.7 Å². The maximum absolute atomic E-state index is 14.5. The SMILES string of the molecule is CCc1ncnc(N2CCN(c3cccc(-n4ccnc4C)n3)CC2)c1F. The molecule has 0 saturated carbocycles. The second kappa shape index (κ2) is 7.30. The van der Waals surface area contributed by atoms with Gasteiger partial charge in [-0.25, -0.2) is 24.3 Å². The van der Waals surface area contributed by atoms with Crippen LogP contribution in [0.1, 0.15) is 18.4 Å². The first-order valence-electron chi connectivity index (χ1n) is 9.14. The lowest BCUT2D eigenvalue weighted by Crippen LogP contribution is -2.47. The van der Waals surface area contributed by atoms with Gasteiger partial charge in [-0.3, -0.25) is 4.57 Å². The van der Waals surface area contributed by atoms with Crippen LogP contribution in [-0.2, 0) is 6.42 Å². The Balaban J connectivity index is 1.49. The van der Waals surface area contributed by atoms with Gasteiger partial charge in [0.05, 0.1) is 5.69 Å². The molecule has 4 rings (SSSR count). The van der Waals surface area contributed by atoms with Gasteiger partial charge < -0.3 is 9.80 Å². The normalized spacial score (nSPS) is 14.6. The van der Waals surface area contributed by atoms with Crippen molar-refractivity contribution in [2.75, 3.05) is 36.0 Å². The Bertz CT molecular complexity index is 931. The van der Waals surface area contributed by atoms with Crippen molar-refractivity contribution >= 4 is 11.6 Å². The molecular weight excluding hydrogens is 345 g/mol. The summed E-state index contributed by atoms with van der Waals surface area (Å²) in [6.07, 6.45) is 5.68. The summed E-state index contributed by atoms with van der Waals surface area (Å²) in [4.78, 5) is 21.4. The van der Waals surface area contributed by atoms with Gasteiger partial charge >= 0.3 is 0 Å². The predicted molar refractivity (Wildman–Crippen MR) is 102 cm³/mol. The molecule has 0 aliphatic carbocycles. The molecule has 7 nitrogen and oxygen atoms in total. The lowest BCUT2D eigenvalue weighted by Gasteiger charge is -2.36. The van der Waals surface area contributed by atoms with Crippen molar-refractivity contribution in [3.8, 4) is 5.82 Å². The minimum Gasteiger partial charge on any atom is -0.353 e. The number of hydrogen-bond acceptors (Lipinski definition) is 6. The van der Waals surface area contributed by atoms with Gasteiger partial charge in [0.25, 0.3) is 0 Å². The molecule has 1 saturated heterocycles. The summed E-state index contributed by atoms with van der Waals surface area (Å²) in [5.74, 6) is 2.76. The molecule has 0 atom stereocenters. The summed E-state index contributed by atoms with van der Waals surface area (Å²) in [5.41, 5.74) is 0.465. The van der Waals surface area contributed by atoms with E-state index >= 15 is 0 Å². The Morgan fingerprint density at radius 2 is 1.74 bits per heavy atom. The van der Waals surface area contributed by atoms with E-state index in [9.17, 15) is 4.39 Å². The fraction of sp³-hybridized carbons (Fsp3) is 0.368. The Morgan fingerprint density at radius 1 is 1.00 bits per heavy atom. The largest absolute Gasteiger partial charge is 0.353 e. The maximum atomic E-state index is 14.5. The number of aryl methyl sites for hydroxylation is 2. The Morgan fingerprint density at radius 3 is 2.44 bits per heavy atom. The summed E-state index contributed by atoms with van der Waals surface area (Å²) in [5, 5.41) is 0. The second-order valence-corrected chi connectivity index (χ2v) is 6.48. The zero-order valence-electron chi connectivity index (χ0n) is 15.5. The number of nitrogens with zero attached hydrogens (tertiary/aromatic N) is 7. The highest BCUT2D eigenvalue weighted by molar-refractivity contribution is 5.47. The molecule has 0 unspecified atom stereocenters. The molecule has 4 heterocycles. The molecule has 3 aromatic heterocycles. The van der Waals surface area contributed by atoms with Crippen molar-refractivity contribution in [1.29, 1.82) is 0 Å². The molecule has 8 heteroatoms. The van der Waals surface area contributed by atoms with Gasteiger partial charge in [0, 0.05) is 38.6 Å².